The molecular formula is C18H17O4-. The van der Waals surface area contributed by atoms with Crippen LogP contribution < -0.4 is 14.6 Å². The third kappa shape index (κ3) is 4.12. The summed E-state index contributed by atoms with van der Waals surface area (Å²) in [6, 6.07) is 13.1. The van der Waals surface area contributed by atoms with Crippen LogP contribution in [0.25, 0.3) is 6.08 Å². The molecule has 0 heterocycles. The average molecular weight is 297 g/mol. The van der Waals surface area contributed by atoms with E-state index in [4.69, 9.17) is 9.47 Å². The van der Waals surface area contributed by atoms with Crippen molar-refractivity contribution in [2.75, 3.05) is 7.11 Å². The van der Waals surface area contributed by atoms with Gasteiger partial charge in [0.2, 0.25) is 0 Å². The summed E-state index contributed by atoms with van der Waals surface area (Å²) in [7, 11) is 1.59. The Balaban J connectivity index is 2.19. The number of ether oxygens (including phenoxy) is 2. The number of aryl methyl sites for hydroxylation is 1. The van der Waals surface area contributed by atoms with Crippen molar-refractivity contribution in [1.29, 1.82) is 0 Å². The molecule has 0 saturated heterocycles. The number of carboxylic acids is 1. The maximum atomic E-state index is 10.5. The second kappa shape index (κ2) is 7.31. The molecule has 4 nitrogen and oxygen atoms in total. The Kier molecular flexibility index (Phi) is 5.20. The normalized spacial score (nSPS) is 10.6. The van der Waals surface area contributed by atoms with E-state index in [0.29, 0.717) is 12.4 Å². The summed E-state index contributed by atoms with van der Waals surface area (Å²) >= 11 is 0. The van der Waals surface area contributed by atoms with E-state index in [2.05, 4.69) is 0 Å². The van der Waals surface area contributed by atoms with E-state index in [9.17, 15) is 9.90 Å². The fourth-order valence-electron chi connectivity index (χ4n) is 2.05. The van der Waals surface area contributed by atoms with Gasteiger partial charge in [0.15, 0.2) is 0 Å². The quantitative estimate of drug-likeness (QED) is 0.768. The van der Waals surface area contributed by atoms with E-state index in [1.165, 1.54) is 6.08 Å². The van der Waals surface area contributed by atoms with E-state index in [-0.39, 0.29) is 0 Å². The van der Waals surface area contributed by atoms with Crippen molar-refractivity contribution >= 4 is 12.0 Å². The molecule has 0 fully saturated rings. The molecule has 0 N–H and O–H groups in total. The predicted molar refractivity (Wildman–Crippen MR) is 82.5 cm³/mol. The first-order chi connectivity index (χ1) is 10.6. The maximum absolute atomic E-state index is 10.5. The zero-order valence-corrected chi connectivity index (χ0v) is 12.5. The molecule has 0 spiro atoms. The molecule has 0 radical (unpaired) electrons. The van der Waals surface area contributed by atoms with E-state index in [1.807, 2.05) is 37.3 Å². The molecule has 4 heteroatoms. The number of para-hydroxylation sites is 1. The van der Waals surface area contributed by atoms with Gasteiger partial charge < -0.3 is 19.4 Å². The molecule has 2 rings (SSSR count). The molecule has 114 valence electrons. The number of methoxy groups -OCH3 is 1. The molecule has 0 amide bonds. The van der Waals surface area contributed by atoms with Gasteiger partial charge in [0.1, 0.15) is 18.1 Å². The number of carbonyl (C=O) groups excluding carboxylic acids is 1. The zero-order valence-electron chi connectivity index (χ0n) is 12.5. The molecule has 2 aromatic rings. The number of benzene rings is 2. The van der Waals surface area contributed by atoms with Crippen LogP contribution in [0.15, 0.2) is 48.5 Å². The van der Waals surface area contributed by atoms with Crippen molar-refractivity contribution in [3.8, 4) is 11.5 Å². The predicted octanol–water partition coefficient (Wildman–Crippen LogP) is 2.35. The third-order valence-corrected chi connectivity index (χ3v) is 3.19. The van der Waals surface area contributed by atoms with Crippen LogP contribution >= 0.6 is 0 Å². The van der Waals surface area contributed by atoms with E-state index in [0.717, 1.165) is 28.5 Å². The summed E-state index contributed by atoms with van der Waals surface area (Å²) in [5.74, 6) is 0.271. The molecule has 0 aliphatic rings. The number of carboxylic acid groups (broad SMARTS) is 1. The van der Waals surface area contributed by atoms with Crippen molar-refractivity contribution in [2.45, 2.75) is 13.5 Å². The molecule has 0 unspecified atom stereocenters. The Hall–Kier alpha value is -2.75. The van der Waals surface area contributed by atoms with Gasteiger partial charge in [-0.25, -0.2) is 0 Å². The van der Waals surface area contributed by atoms with E-state index in [1.54, 1.807) is 19.2 Å². The molecule has 0 aromatic heterocycles. The topological polar surface area (TPSA) is 58.6 Å². The fourth-order valence-corrected chi connectivity index (χ4v) is 2.05. The lowest BCUT2D eigenvalue weighted by molar-refractivity contribution is -0.297. The molecular weight excluding hydrogens is 280 g/mol. The molecule has 0 saturated carbocycles. The summed E-state index contributed by atoms with van der Waals surface area (Å²) in [6.07, 6.45) is 2.47. The number of aliphatic carboxylic acids is 1. The summed E-state index contributed by atoms with van der Waals surface area (Å²) in [4.78, 5) is 10.5. The van der Waals surface area contributed by atoms with Gasteiger partial charge in [-0.05, 0) is 42.3 Å². The monoisotopic (exact) mass is 297 g/mol. The van der Waals surface area contributed by atoms with Crippen LogP contribution in [-0.4, -0.2) is 13.1 Å². The van der Waals surface area contributed by atoms with Crippen LogP contribution in [0.3, 0.4) is 0 Å². The Morgan fingerprint density at radius 3 is 2.64 bits per heavy atom. The van der Waals surface area contributed by atoms with Crippen LogP contribution in [0.4, 0.5) is 0 Å². The van der Waals surface area contributed by atoms with Crippen molar-refractivity contribution in [2.24, 2.45) is 0 Å². The molecule has 0 atom stereocenters. The highest BCUT2D eigenvalue weighted by Gasteiger charge is 2.06. The summed E-state index contributed by atoms with van der Waals surface area (Å²) in [5.41, 5.74) is 2.63. The lowest BCUT2D eigenvalue weighted by Crippen LogP contribution is -2.18. The molecule has 0 bridgehead atoms. The Morgan fingerprint density at radius 1 is 1.18 bits per heavy atom. The fraction of sp³-hybridized carbons (Fsp3) is 0.167. The average Bonchev–Trinajstić information content (AvgIpc) is 2.52. The molecule has 0 aliphatic carbocycles. The second-order valence-corrected chi connectivity index (χ2v) is 4.78. The maximum Gasteiger partial charge on any atom is 0.125 e. The van der Waals surface area contributed by atoms with Crippen LogP contribution in [0.1, 0.15) is 16.7 Å². The molecule has 2 aromatic carbocycles. The van der Waals surface area contributed by atoms with Crippen LogP contribution in [0.5, 0.6) is 11.5 Å². The number of carbonyl (C=O) groups is 1. The van der Waals surface area contributed by atoms with Gasteiger partial charge in [-0.3, -0.25) is 0 Å². The summed E-state index contributed by atoms with van der Waals surface area (Å²) in [6.45, 7) is 2.31. The van der Waals surface area contributed by atoms with E-state index >= 15 is 0 Å². The van der Waals surface area contributed by atoms with Gasteiger partial charge in [0.05, 0.1) is 13.1 Å². The minimum Gasteiger partial charge on any atom is -0.545 e. The lowest BCUT2D eigenvalue weighted by atomic mass is 10.1. The smallest absolute Gasteiger partial charge is 0.125 e. The SMILES string of the molecule is COc1ccc(C=CC(=O)[O-])cc1COc1ccccc1C. The van der Waals surface area contributed by atoms with Crippen molar-refractivity contribution in [1.82, 2.24) is 0 Å². The number of rotatable bonds is 6. The standard InChI is InChI=1S/C18H18O4/c1-13-5-3-4-6-16(13)22-12-15-11-14(8-10-18(19)20)7-9-17(15)21-2/h3-11H,12H2,1-2H3,(H,19,20)/p-1. The Labute approximate surface area is 129 Å². The first-order valence-electron chi connectivity index (χ1n) is 6.84. The Bertz CT molecular complexity index is 689. The largest absolute Gasteiger partial charge is 0.545 e. The summed E-state index contributed by atoms with van der Waals surface area (Å²) in [5, 5.41) is 10.5. The number of hydrogen-bond donors (Lipinski definition) is 0. The van der Waals surface area contributed by atoms with Crippen LogP contribution in [0.2, 0.25) is 0 Å². The Morgan fingerprint density at radius 2 is 1.95 bits per heavy atom. The van der Waals surface area contributed by atoms with Gasteiger partial charge in [0.25, 0.3) is 0 Å². The molecule has 22 heavy (non-hydrogen) atoms. The third-order valence-electron chi connectivity index (χ3n) is 3.19. The van der Waals surface area contributed by atoms with Crippen molar-refractivity contribution < 1.29 is 19.4 Å². The second-order valence-electron chi connectivity index (χ2n) is 4.78. The first kappa shape index (κ1) is 15.6. The number of hydrogen-bond acceptors (Lipinski definition) is 4. The highest BCUT2D eigenvalue weighted by atomic mass is 16.5. The van der Waals surface area contributed by atoms with Gasteiger partial charge in [0, 0.05) is 5.56 Å². The minimum atomic E-state index is -1.23. The highest BCUT2D eigenvalue weighted by Crippen LogP contribution is 2.24. The van der Waals surface area contributed by atoms with Crippen LogP contribution in [0, 0.1) is 6.92 Å². The summed E-state index contributed by atoms with van der Waals surface area (Å²) < 4.78 is 11.1. The van der Waals surface area contributed by atoms with E-state index < -0.39 is 5.97 Å². The van der Waals surface area contributed by atoms with Gasteiger partial charge >= 0.3 is 0 Å². The first-order valence-corrected chi connectivity index (χ1v) is 6.84. The van der Waals surface area contributed by atoms with Gasteiger partial charge in [-0.15, -0.1) is 0 Å². The van der Waals surface area contributed by atoms with Gasteiger partial charge in [-0.1, -0.05) is 30.3 Å². The zero-order chi connectivity index (χ0) is 15.9. The van der Waals surface area contributed by atoms with Gasteiger partial charge in [-0.2, -0.15) is 0 Å². The lowest BCUT2D eigenvalue weighted by Gasteiger charge is -2.12. The van der Waals surface area contributed by atoms with Crippen molar-refractivity contribution in [3.05, 3.63) is 65.2 Å². The van der Waals surface area contributed by atoms with Crippen LogP contribution in [-0.2, 0) is 11.4 Å². The highest BCUT2D eigenvalue weighted by molar-refractivity contribution is 5.83. The molecule has 0 aliphatic heterocycles. The minimum absolute atomic E-state index is 0.334. The van der Waals surface area contributed by atoms with Crippen molar-refractivity contribution in [3.63, 3.8) is 0 Å².